The van der Waals surface area contributed by atoms with Gasteiger partial charge < -0.3 is 10.3 Å². The molecule has 0 radical (unpaired) electrons. The Morgan fingerprint density at radius 1 is 1.31 bits per heavy atom. The topological polar surface area (TPSA) is 43.8 Å². The minimum Gasteiger partial charge on any atom is -0.383 e. The molecule has 0 aliphatic carbocycles. The number of hydrogen-bond donors (Lipinski definition) is 1. The minimum atomic E-state index is -0.662. The van der Waals surface area contributed by atoms with E-state index in [4.69, 9.17) is 5.73 Å². The number of aromatic nitrogens is 2. The molecule has 0 spiro atoms. The molecule has 2 aromatic rings. The van der Waals surface area contributed by atoms with Gasteiger partial charge >= 0.3 is 0 Å². The van der Waals surface area contributed by atoms with Crippen LogP contribution in [-0.2, 0) is 7.05 Å². The van der Waals surface area contributed by atoms with Gasteiger partial charge in [-0.15, -0.1) is 0 Å². The smallest absolute Gasteiger partial charge is 0.135 e. The molecule has 0 unspecified atom stereocenters. The SMILES string of the molecule is Cc1nc(-c2ccc(F)cc2F)c(N)n1C. The van der Waals surface area contributed by atoms with Crippen LogP contribution in [0, 0.1) is 18.6 Å². The van der Waals surface area contributed by atoms with Crippen molar-refractivity contribution in [1.82, 2.24) is 9.55 Å². The second-order valence-electron chi connectivity index (χ2n) is 3.58. The summed E-state index contributed by atoms with van der Waals surface area (Å²) < 4.78 is 27.9. The summed E-state index contributed by atoms with van der Waals surface area (Å²) in [4.78, 5) is 4.15. The maximum absolute atomic E-state index is 13.5. The average molecular weight is 223 g/mol. The van der Waals surface area contributed by atoms with Crippen LogP contribution in [0.1, 0.15) is 5.82 Å². The summed E-state index contributed by atoms with van der Waals surface area (Å²) in [6, 6.07) is 3.34. The Balaban J connectivity index is 2.63. The molecule has 0 saturated heterocycles. The van der Waals surface area contributed by atoms with Crippen LogP contribution in [0.2, 0.25) is 0 Å². The van der Waals surface area contributed by atoms with E-state index in [0.29, 0.717) is 17.3 Å². The average Bonchev–Trinajstić information content (AvgIpc) is 2.46. The van der Waals surface area contributed by atoms with E-state index in [9.17, 15) is 8.78 Å². The van der Waals surface area contributed by atoms with E-state index >= 15 is 0 Å². The van der Waals surface area contributed by atoms with Gasteiger partial charge in [0.2, 0.25) is 0 Å². The zero-order valence-corrected chi connectivity index (χ0v) is 8.96. The number of imidazole rings is 1. The molecule has 0 aliphatic rings. The summed E-state index contributed by atoms with van der Waals surface area (Å²) in [5, 5.41) is 0. The van der Waals surface area contributed by atoms with Crippen molar-refractivity contribution in [2.45, 2.75) is 6.92 Å². The standard InChI is InChI=1S/C11H11F2N3/c1-6-15-10(11(14)16(6)2)8-4-3-7(12)5-9(8)13/h3-5H,14H2,1-2H3. The molecule has 1 aromatic carbocycles. The largest absolute Gasteiger partial charge is 0.383 e. The van der Waals surface area contributed by atoms with E-state index < -0.39 is 11.6 Å². The molecule has 0 saturated carbocycles. The highest BCUT2D eigenvalue weighted by molar-refractivity contribution is 5.71. The van der Waals surface area contributed by atoms with Crippen molar-refractivity contribution in [1.29, 1.82) is 0 Å². The maximum atomic E-state index is 13.5. The Kier molecular flexibility index (Phi) is 2.38. The molecule has 0 amide bonds. The third kappa shape index (κ3) is 1.54. The van der Waals surface area contributed by atoms with Crippen molar-refractivity contribution in [3.63, 3.8) is 0 Å². The quantitative estimate of drug-likeness (QED) is 0.805. The van der Waals surface area contributed by atoms with Gasteiger partial charge in [0, 0.05) is 18.7 Å². The van der Waals surface area contributed by atoms with Gasteiger partial charge in [0.25, 0.3) is 0 Å². The number of halogens is 2. The van der Waals surface area contributed by atoms with Crippen LogP contribution in [-0.4, -0.2) is 9.55 Å². The van der Waals surface area contributed by atoms with Crippen molar-refractivity contribution in [2.75, 3.05) is 5.73 Å². The predicted molar refractivity (Wildman–Crippen MR) is 57.7 cm³/mol. The number of aryl methyl sites for hydroxylation is 1. The van der Waals surface area contributed by atoms with Crippen molar-refractivity contribution < 1.29 is 8.78 Å². The zero-order valence-electron chi connectivity index (χ0n) is 8.96. The van der Waals surface area contributed by atoms with Crippen LogP contribution < -0.4 is 5.73 Å². The lowest BCUT2D eigenvalue weighted by atomic mass is 10.1. The molecular weight excluding hydrogens is 212 g/mol. The number of anilines is 1. The number of nitrogens with two attached hydrogens (primary N) is 1. The molecule has 1 heterocycles. The van der Waals surface area contributed by atoms with Crippen LogP contribution in [0.4, 0.5) is 14.6 Å². The molecule has 0 atom stereocenters. The second kappa shape index (κ2) is 3.59. The molecule has 0 aliphatic heterocycles. The predicted octanol–water partition coefficient (Wildman–Crippen LogP) is 2.26. The molecular formula is C11H11F2N3. The number of nitrogens with zero attached hydrogens (tertiary/aromatic N) is 2. The van der Waals surface area contributed by atoms with Crippen LogP contribution in [0.5, 0.6) is 0 Å². The Labute approximate surface area is 91.5 Å². The summed E-state index contributed by atoms with van der Waals surface area (Å²) >= 11 is 0. The molecule has 0 bridgehead atoms. The Hall–Kier alpha value is -1.91. The molecule has 3 nitrogen and oxygen atoms in total. The third-order valence-electron chi connectivity index (χ3n) is 2.55. The first-order chi connectivity index (χ1) is 7.50. The van der Waals surface area contributed by atoms with Gasteiger partial charge in [-0.25, -0.2) is 13.8 Å². The van der Waals surface area contributed by atoms with E-state index in [2.05, 4.69) is 4.98 Å². The fraction of sp³-hybridized carbons (Fsp3) is 0.182. The number of hydrogen-bond acceptors (Lipinski definition) is 2. The lowest BCUT2D eigenvalue weighted by Crippen LogP contribution is -1.98. The van der Waals surface area contributed by atoms with Gasteiger partial charge in [-0.2, -0.15) is 0 Å². The van der Waals surface area contributed by atoms with Crippen LogP contribution in [0.15, 0.2) is 18.2 Å². The van der Waals surface area contributed by atoms with Gasteiger partial charge in [-0.3, -0.25) is 0 Å². The van der Waals surface area contributed by atoms with Gasteiger partial charge in [0.05, 0.1) is 0 Å². The summed E-state index contributed by atoms with van der Waals surface area (Å²) in [5.41, 5.74) is 6.34. The highest BCUT2D eigenvalue weighted by Crippen LogP contribution is 2.27. The number of rotatable bonds is 1. The van der Waals surface area contributed by atoms with Crippen LogP contribution >= 0.6 is 0 Å². The lowest BCUT2D eigenvalue weighted by Gasteiger charge is -2.02. The molecule has 16 heavy (non-hydrogen) atoms. The van der Waals surface area contributed by atoms with E-state index in [0.717, 1.165) is 6.07 Å². The fourth-order valence-electron chi connectivity index (χ4n) is 1.51. The summed E-state index contributed by atoms with van der Waals surface area (Å²) in [5.74, 6) is -0.239. The fourth-order valence-corrected chi connectivity index (χ4v) is 1.51. The lowest BCUT2D eigenvalue weighted by molar-refractivity contribution is 0.585. The van der Waals surface area contributed by atoms with Gasteiger partial charge in [-0.05, 0) is 19.1 Å². The van der Waals surface area contributed by atoms with Crippen LogP contribution in [0.3, 0.4) is 0 Å². The summed E-state index contributed by atoms with van der Waals surface area (Å²) in [7, 11) is 1.74. The maximum Gasteiger partial charge on any atom is 0.135 e. The van der Waals surface area contributed by atoms with E-state index in [1.54, 1.807) is 18.5 Å². The van der Waals surface area contributed by atoms with Gasteiger partial charge in [0.1, 0.15) is 29.0 Å². The van der Waals surface area contributed by atoms with E-state index in [-0.39, 0.29) is 5.56 Å². The third-order valence-corrected chi connectivity index (χ3v) is 2.55. The molecule has 2 N–H and O–H groups in total. The highest BCUT2D eigenvalue weighted by atomic mass is 19.1. The normalized spacial score (nSPS) is 10.8. The first-order valence-corrected chi connectivity index (χ1v) is 4.75. The molecule has 84 valence electrons. The Morgan fingerprint density at radius 2 is 2.00 bits per heavy atom. The second-order valence-corrected chi connectivity index (χ2v) is 3.58. The van der Waals surface area contributed by atoms with Crippen molar-refractivity contribution in [2.24, 2.45) is 7.05 Å². The minimum absolute atomic E-state index is 0.211. The first-order valence-electron chi connectivity index (χ1n) is 4.75. The Bertz CT molecular complexity index is 546. The van der Waals surface area contributed by atoms with Gasteiger partial charge in [-0.1, -0.05) is 0 Å². The van der Waals surface area contributed by atoms with Gasteiger partial charge in [0.15, 0.2) is 0 Å². The first kappa shape index (κ1) is 10.6. The monoisotopic (exact) mass is 223 g/mol. The number of nitrogen functional groups attached to an aromatic ring is 1. The summed E-state index contributed by atoms with van der Waals surface area (Å²) in [6.07, 6.45) is 0. The highest BCUT2D eigenvalue weighted by Gasteiger charge is 2.15. The van der Waals surface area contributed by atoms with Crippen molar-refractivity contribution in [3.05, 3.63) is 35.7 Å². The van der Waals surface area contributed by atoms with E-state index in [1.807, 2.05) is 0 Å². The number of benzene rings is 1. The van der Waals surface area contributed by atoms with Crippen molar-refractivity contribution >= 4 is 5.82 Å². The Morgan fingerprint density at radius 3 is 2.50 bits per heavy atom. The molecule has 0 fully saturated rings. The molecule has 5 heteroatoms. The van der Waals surface area contributed by atoms with Crippen molar-refractivity contribution in [3.8, 4) is 11.3 Å². The van der Waals surface area contributed by atoms with Crippen LogP contribution in [0.25, 0.3) is 11.3 Å². The molecule has 2 rings (SSSR count). The molecule has 1 aromatic heterocycles. The summed E-state index contributed by atoms with van der Waals surface area (Å²) in [6.45, 7) is 1.77. The van der Waals surface area contributed by atoms with E-state index in [1.165, 1.54) is 12.1 Å². The zero-order chi connectivity index (χ0) is 11.9.